The average molecular weight is 346 g/mol. The van der Waals surface area contributed by atoms with E-state index in [2.05, 4.69) is 30.7 Å². The molecule has 7 nitrogen and oxygen atoms in total. The predicted molar refractivity (Wildman–Crippen MR) is 94.2 cm³/mol. The standard InChI is InChI=1S/C17H23FN6O/c18-15-4-2-1-3-14(15)5-6-19-16-13-21-23-17(22-16)20-7-8-24-9-11-25-12-10-24/h1-4,13H,5-12H2,(H2,19,20,22,23). The smallest absolute Gasteiger partial charge is 0.244 e. The van der Waals surface area contributed by atoms with Crippen LogP contribution in [0.4, 0.5) is 16.2 Å². The van der Waals surface area contributed by atoms with E-state index in [4.69, 9.17) is 4.74 Å². The molecule has 134 valence electrons. The number of anilines is 2. The molecule has 25 heavy (non-hydrogen) atoms. The molecule has 1 aromatic heterocycles. The second-order valence-electron chi connectivity index (χ2n) is 5.81. The third-order valence-electron chi connectivity index (χ3n) is 4.03. The lowest BCUT2D eigenvalue weighted by atomic mass is 10.1. The second-order valence-corrected chi connectivity index (χ2v) is 5.81. The van der Waals surface area contributed by atoms with Gasteiger partial charge in [-0.15, -0.1) is 5.10 Å². The summed E-state index contributed by atoms with van der Waals surface area (Å²) in [6.45, 7) is 5.74. The first-order valence-electron chi connectivity index (χ1n) is 8.52. The van der Waals surface area contributed by atoms with E-state index < -0.39 is 0 Å². The van der Waals surface area contributed by atoms with E-state index in [9.17, 15) is 4.39 Å². The fourth-order valence-electron chi connectivity index (χ4n) is 2.64. The van der Waals surface area contributed by atoms with Crippen LogP contribution in [0, 0.1) is 5.82 Å². The van der Waals surface area contributed by atoms with Gasteiger partial charge in [0.25, 0.3) is 0 Å². The molecule has 0 unspecified atom stereocenters. The summed E-state index contributed by atoms with van der Waals surface area (Å²) >= 11 is 0. The normalized spacial score (nSPS) is 15.1. The molecule has 0 saturated carbocycles. The summed E-state index contributed by atoms with van der Waals surface area (Å²) < 4.78 is 18.9. The van der Waals surface area contributed by atoms with E-state index in [1.54, 1.807) is 18.3 Å². The van der Waals surface area contributed by atoms with Gasteiger partial charge in [-0.3, -0.25) is 4.90 Å². The van der Waals surface area contributed by atoms with Crippen molar-refractivity contribution in [3.8, 4) is 0 Å². The molecule has 2 heterocycles. The predicted octanol–water partition coefficient (Wildman–Crippen LogP) is 1.41. The van der Waals surface area contributed by atoms with Gasteiger partial charge in [-0.1, -0.05) is 18.2 Å². The summed E-state index contributed by atoms with van der Waals surface area (Å²) in [5, 5.41) is 14.3. The van der Waals surface area contributed by atoms with Gasteiger partial charge in [-0.25, -0.2) is 4.39 Å². The zero-order valence-corrected chi connectivity index (χ0v) is 14.1. The van der Waals surface area contributed by atoms with Gasteiger partial charge in [0.15, 0.2) is 5.82 Å². The van der Waals surface area contributed by atoms with Gasteiger partial charge >= 0.3 is 0 Å². The van der Waals surface area contributed by atoms with Crippen molar-refractivity contribution in [1.29, 1.82) is 0 Å². The first-order valence-corrected chi connectivity index (χ1v) is 8.52. The minimum absolute atomic E-state index is 0.185. The molecule has 1 saturated heterocycles. The van der Waals surface area contributed by atoms with Crippen LogP contribution >= 0.6 is 0 Å². The molecule has 2 N–H and O–H groups in total. The number of ether oxygens (including phenoxy) is 1. The summed E-state index contributed by atoms with van der Waals surface area (Å²) in [5.74, 6) is 0.931. The second kappa shape index (κ2) is 9.24. The van der Waals surface area contributed by atoms with Crippen LogP contribution in [0.25, 0.3) is 0 Å². The van der Waals surface area contributed by atoms with Crippen LogP contribution in [-0.2, 0) is 11.2 Å². The van der Waals surface area contributed by atoms with Crippen LogP contribution in [0.3, 0.4) is 0 Å². The quantitative estimate of drug-likeness (QED) is 0.748. The Balaban J connectivity index is 1.42. The number of halogens is 1. The van der Waals surface area contributed by atoms with Crippen molar-refractivity contribution in [2.75, 3.05) is 56.6 Å². The Labute approximate surface area is 146 Å². The number of hydrogen-bond acceptors (Lipinski definition) is 7. The van der Waals surface area contributed by atoms with E-state index in [1.165, 1.54) is 6.07 Å². The first kappa shape index (κ1) is 17.5. The van der Waals surface area contributed by atoms with Gasteiger partial charge in [0, 0.05) is 32.7 Å². The molecule has 0 spiro atoms. The van der Waals surface area contributed by atoms with E-state index in [0.29, 0.717) is 30.3 Å². The summed E-state index contributed by atoms with van der Waals surface area (Å²) in [4.78, 5) is 6.71. The van der Waals surface area contributed by atoms with Crippen molar-refractivity contribution in [2.45, 2.75) is 6.42 Å². The molecule has 3 rings (SSSR count). The van der Waals surface area contributed by atoms with Crippen LogP contribution in [0.1, 0.15) is 5.56 Å². The molecular weight excluding hydrogens is 323 g/mol. The van der Waals surface area contributed by atoms with E-state index in [1.807, 2.05) is 6.07 Å². The number of nitrogens with zero attached hydrogens (tertiary/aromatic N) is 4. The van der Waals surface area contributed by atoms with Crippen molar-refractivity contribution in [2.24, 2.45) is 0 Å². The molecule has 1 fully saturated rings. The maximum atomic E-state index is 13.6. The Morgan fingerprint density at radius 3 is 2.80 bits per heavy atom. The molecule has 1 aromatic carbocycles. The van der Waals surface area contributed by atoms with E-state index in [-0.39, 0.29) is 5.82 Å². The van der Waals surface area contributed by atoms with Crippen molar-refractivity contribution in [3.05, 3.63) is 41.8 Å². The van der Waals surface area contributed by atoms with Gasteiger partial charge in [0.05, 0.1) is 19.4 Å². The maximum absolute atomic E-state index is 13.6. The Morgan fingerprint density at radius 1 is 1.12 bits per heavy atom. The highest BCUT2D eigenvalue weighted by molar-refractivity contribution is 5.37. The van der Waals surface area contributed by atoms with Crippen molar-refractivity contribution in [1.82, 2.24) is 20.1 Å². The minimum Gasteiger partial charge on any atom is -0.379 e. The van der Waals surface area contributed by atoms with Crippen molar-refractivity contribution >= 4 is 11.8 Å². The number of morpholine rings is 1. The summed E-state index contributed by atoms with van der Waals surface area (Å²) in [5.41, 5.74) is 0.681. The zero-order valence-electron chi connectivity index (χ0n) is 14.1. The third-order valence-corrected chi connectivity index (χ3v) is 4.03. The Bertz CT molecular complexity index is 665. The number of benzene rings is 1. The third kappa shape index (κ3) is 5.61. The number of nitrogens with one attached hydrogen (secondary N) is 2. The highest BCUT2D eigenvalue weighted by Crippen LogP contribution is 2.08. The molecule has 0 aliphatic carbocycles. The molecular formula is C17H23FN6O. The topological polar surface area (TPSA) is 75.2 Å². The Hall–Kier alpha value is -2.32. The fraction of sp³-hybridized carbons (Fsp3) is 0.471. The summed E-state index contributed by atoms with van der Waals surface area (Å²) in [6.07, 6.45) is 2.14. The van der Waals surface area contributed by atoms with Gasteiger partial charge in [-0.2, -0.15) is 10.1 Å². The van der Waals surface area contributed by atoms with E-state index in [0.717, 1.165) is 39.4 Å². The van der Waals surface area contributed by atoms with Gasteiger partial charge in [-0.05, 0) is 18.1 Å². The van der Waals surface area contributed by atoms with Crippen LogP contribution < -0.4 is 10.6 Å². The molecule has 8 heteroatoms. The molecule has 0 atom stereocenters. The van der Waals surface area contributed by atoms with Crippen LogP contribution in [0.5, 0.6) is 0 Å². The summed E-state index contributed by atoms with van der Waals surface area (Å²) in [6, 6.07) is 6.78. The zero-order chi connectivity index (χ0) is 17.3. The van der Waals surface area contributed by atoms with Crippen LogP contribution in [-0.4, -0.2) is 66.0 Å². The molecule has 0 amide bonds. The van der Waals surface area contributed by atoms with Crippen LogP contribution in [0.2, 0.25) is 0 Å². The van der Waals surface area contributed by atoms with E-state index >= 15 is 0 Å². The molecule has 1 aliphatic rings. The number of aromatic nitrogens is 3. The molecule has 1 aliphatic heterocycles. The van der Waals surface area contributed by atoms with Gasteiger partial charge in [0.2, 0.25) is 5.95 Å². The lowest BCUT2D eigenvalue weighted by Gasteiger charge is -2.26. The Kier molecular flexibility index (Phi) is 6.47. The maximum Gasteiger partial charge on any atom is 0.244 e. The fourth-order valence-corrected chi connectivity index (χ4v) is 2.64. The molecule has 0 radical (unpaired) electrons. The largest absolute Gasteiger partial charge is 0.379 e. The SMILES string of the molecule is Fc1ccccc1CCNc1cnnc(NCCN2CCOCC2)n1. The van der Waals surface area contributed by atoms with Gasteiger partial charge < -0.3 is 15.4 Å². The number of rotatable bonds is 8. The van der Waals surface area contributed by atoms with Gasteiger partial charge in [0.1, 0.15) is 5.82 Å². The minimum atomic E-state index is -0.185. The monoisotopic (exact) mass is 346 g/mol. The molecule has 2 aromatic rings. The lowest BCUT2D eigenvalue weighted by Crippen LogP contribution is -2.39. The lowest BCUT2D eigenvalue weighted by molar-refractivity contribution is 0.0398. The average Bonchev–Trinajstić information content (AvgIpc) is 2.65. The summed E-state index contributed by atoms with van der Waals surface area (Å²) in [7, 11) is 0. The van der Waals surface area contributed by atoms with Crippen molar-refractivity contribution < 1.29 is 9.13 Å². The number of hydrogen-bond donors (Lipinski definition) is 2. The Morgan fingerprint density at radius 2 is 1.96 bits per heavy atom. The highest BCUT2D eigenvalue weighted by Gasteiger charge is 2.09. The first-order chi connectivity index (χ1) is 12.3. The van der Waals surface area contributed by atoms with Crippen LogP contribution in [0.15, 0.2) is 30.5 Å². The molecule has 0 bridgehead atoms. The highest BCUT2D eigenvalue weighted by atomic mass is 19.1. The van der Waals surface area contributed by atoms with Crippen molar-refractivity contribution in [3.63, 3.8) is 0 Å².